The van der Waals surface area contributed by atoms with Crippen molar-refractivity contribution in [2.75, 3.05) is 26.3 Å². The van der Waals surface area contributed by atoms with Crippen molar-refractivity contribution >= 4 is 12.0 Å². The molecule has 1 aromatic rings. The molecule has 2 rings (SSSR count). The molecule has 25 heavy (non-hydrogen) atoms. The van der Waals surface area contributed by atoms with Crippen LogP contribution in [0.2, 0.25) is 0 Å². The Bertz CT molecular complexity index is 551. The van der Waals surface area contributed by atoms with E-state index in [-0.39, 0.29) is 24.6 Å². The van der Waals surface area contributed by atoms with E-state index < -0.39 is 0 Å². The van der Waals surface area contributed by atoms with E-state index in [1.165, 1.54) is 0 Å². The minimum absolute atomic E-state index is 0.0236. The number of rotatable bonds is 7. The van der Waals surface area contributed by atoms with Crippen molar-refractivity contribution in [1.82, 2.24) is 10.2 Å². The third-order valence-electron chi connectivity index (χ3n) is 4.28. The third kappa shape index (κ3) is 6.64. The van der Waals surface area contributed by atoms with Gasteiger partial charge >= 0.3 is 6.09 Å². The van der Waals surface area contributed by atoms with Gasteiger partial charge in [-0.05, 0) is 38.3 Å². The lowest BCUT2D eigenvalue weighted by Crippen LogP contribution is -2.47. The highest BCUT2D eigenvalue weighted by molar-refractivity contribution is 5.78. The van der Waals surface area contributed by atoms with Crippen LogP contribution in [-0.2, 0) is 9.53 Å². The molecule has 1 aromatic carbocycles. The molecule has 0 radical (unpaired) electrons. The number of amides is 2. The molecule has 0 aromatic heterocycles. The second-order valence-corrected chi connectivity index (χ2v) is 6.39. The van der Waals surface area contributed by atoms with Crippen LogP contribution in [-0.4, -0.2) is 49.2 Å². The van der Waals surface area contributed by atoms with Crippen molar-refractivity contribution < 1.29 is 19.1 Å². The van der Waals surface area contributed by atoms with Gasteiger partial charge < -0.3 is 19.7 Å². The van der Waals surface area contributed by atoms with Crippen molar-refractivity contribution in [2.24, 2.45) is 0 Å². The summed E-state index contributed by atoms with van der Waals surface area (Å²) < 4.78 is 10.6. The molecule has 0 bridgehead atoms. The summed E-state index contributed by atoms with van der Waals surface area (Å²) >= 11 is 0. The lowest BCUT2D eigenvalue weighted by molar-refractivity contribution is -0.134. The van der Waals surface area contributed by atoms with Gasteiger partial charge in [0.1, 0.15) is 5.75 Å². The van der Waals surface area contributed by atoms with Crippen LogP contribution in [0, 0.1) is 6.92 Å². The van der Waals surface area contributed by atoms with Gasteiger partial charge in [-0.15, -0.1) is 0 Å². The summed E-state index contributed by atoms with van der Waals surface area (Å²) in [6, 6.07) is 7.70. The van der Waals surface area contributed by atoms with Gasteiger partial charge in [-0.2, -0.15) is 0 Å². The normalized spacial score (nSPS) is 14.9. The molecular formula is C19H28N2O4. The summed E-state index contributed by atoms with van der Waals surface area (Å²) in [5.41, 5.74) is 1.15. The topological polar surface area (TPSA) is 67.9 Å². The first-order valence-corrected chi connectivity index (χ1v) is 8.99. The largest absolute Gasteiger partial charge is 0.484 e. The molecule has 0 saturated carbocycles. The van der Waals surface area contributed by atoms with Gasteiger partial charge in [-0.3, -0.25) is 4.79 Å². The Labute approximate surface area is 149 Å². The maximum atomic E-state index is 12.2. The molecule has 6 heteroatoms. The summed E-state index contributed by atoms with van der Waals surface area (Å²) in [7, 11) is 0. The first-order valence-electron chi connectivity index (χ1n) is 8.99. The zero-order chi connectivity index (χ0) is 18.1. The molecule has 1 heterocycles. The SMILES string of the molecule is CCCCOC(=O)NC1CCN(C(=O)COc2ccc(C)cc2)CC1. The Kier molecular flexibility index (Phi) is 7.57. The highest BCUT2D eigenvalue weighted by Crippen LogP contribution is 2.14. The number of unbranched alkanes of at least 4 members (excludes halogenated alkanes) is 1. The average Bonchev–Trinajstić information content (AvgIpc) is 2.62. The molecule has 6 nitrogen and oxygen atoms in total. The standard InChI is InChI=1S/C19H28N2O4/c1-3-4-13-24-19(23)20-16-9-11-21(12-10-16)18(22)14-25-17-7-5-15(2)6-8-17/h5-8,16H,3-4,9-14H2,1-2H3,(H,20,23). The third-order valence-corrected chi connectivity index (χ3v) is 4.28. The Morgan fingerprint density at radius 1 is 1.20 bits per heavy atom. The number of likely N-dealkylation sites (tertiary alicyclic amines) is 1. The fourth-order valence-electron chi connectivity index (χ4n) is 2.66. The van der Waals surface area contributed by atoms with Crippen molar-refractivity contribution in [3.05, 3.63) is 29.8 Å². The number of alkyl carbamates (subject to hydrolysis) is 1. The molecular weight excluding hydrogens is 320 g/mol. The molecule has 138 valence electrons. The van der Waals surface area contributed by atoms with Gasteiger partial charge in [0.2, 0.25) is 0 Å². The molecule has 1 aliphatic heterocycles. The minimum Gasteiger partial charge on any atom is -0.484 e. The van der Waals surface area contributed by atoms with Gasteiger partial charge in [0.25, 0.3) is 5.91 Å². The number of nitrogens with zero attached hydrogens (tertiary/aromatic N) is 1. The van der Waals surface area contributed by atoms with Gasteiger partial charge in [0.05, 0.1) is 6.61 Å². The number of carbonyl (C=O) groups excluding carboxylic acids is 2. The van der Waals surface area contributed by atoms with Crippen molar-refractivity contribution in [3.8, 4) is 5.75 Å². The molecule has 1 saturated heterocycles. The molecule has 0 aliphatic carbocycles. The maximum absolute atomic E-state index is 12.2. The van der Waals surface area contributed by atoms with Crippen molar-refractivity contribution in [2.45, 2.75) is 45.6 Å². The smallest absolute Gasteiger partial charge is 0.407 e. The lowest BCUT2D eigenvalue weighted by Gasteiger charge is -2.32. The number of ether oxygens (including phenoxy) is 2. The second kappa shape index (κ2) is 9.91. The predicted octanol–water partition coefficient (Wildman–Crippen LogP) is 2.89. The number of piperidine rings is 1. The van der Waals surface area contributed by atoms with Crippen LogP contribution in [0.1, 0.15) is 38.2 Å². The molecule has 2 amide bonds. The molecule has 0 unspecified atom stereocenters. The van der Waals surface area contributed by atoms with Crippen LogP contribution in [0.4, 0.5) is 4.79 Å². The zero-order valence-corrected chi connectivity index (χ0v) is 15.1. The monoisotopic (exact) mass is 348 g/mol. The number of nitrogens with one attached hydrogen (secondary N) is 1. The molecule has 1 N–H and O–H groups in total. The molecule has 1 fully saturated rings. The maximum Gasteiger partial charge on any atom is 0.407 e. The minimum atomic E-state index is -0.360. The first kappa shape index (κ1) is 19.1. The Morgan fingerprint density at radius 2 is 1.88 bits per heavy atom. The van der Waals surface area contributed by atoms with Crippen LogP contribution in [0.15, 0.2) is 24.3 Å². The van der Waals surface area contributed by atoms with Crippen LogP contribution < -0.4 is 10.1 Å². The summed E-state index contributed by atoms with van der Waals surface area (Å²) in [6.07, 6.45) is 2.99. The van der Waals surface area contributed by atoms with Crippen LogP contribution in [0.3, 0.4) is 0 Å². The quantitative estimate of drug-likeness (QED) is 0.770. The van der Waals surface area contributed by atoms with E-state index in [0.29, 0.717) is 25.4 Å². The van der Waals surface area contributed by atoms with E-state index in [1.807, 2.05) is 31.2 Å². The van der Waals surface area contributed by atoms with E-state index in [1.54, 1.807) is 4.90 Å². The summed E-state index contributed by atoms with van der Waals surface area (Å²) in [5.74, 6) is 0.676. The van der Waals surface area contributed by atoms with E-state index in [4.69, 9.17) is 9.47 Å². The summed E-state index contributed by atoms with van der Waals surface area (Å²) in [5, 5.41) is 2.87. The summed E-state index contributed by atoms with van der Waals surface area (Å²) in [6.45, 7) is 5.80. The zero-order valence-electron chi connectivity index (χ0n) is 15.1. The summed E-state index contributed by atoms with van der Waals surface area (Å²) in [4.78, 5) is 25.7. The van der Waals surface area contributed by atoms with Gasteiger partial charge in [-0.25, -0.2) is 4.79 Å². The van der Waals surface area contributed by atoms with E-state index in [9.17, 15) is 9.59 Å². The highest BCUT2D eigenvalue weighted by atomic mass is 16.5. The predicted molar refractivity (Wildman–Crippen MR) is 95.7 cm³/mol. The Morgan fingerprint density at radius 3 is 2.52 bits per heavy atom. The fraction of sp³-hybridized carbons (Fsp3) is 0.579. The van der Waals surface area contributed by atoms with Gasteiger partial charge in [0.15, 0.2) is 6.61 Å². The van der Waals surface area contributed by atoms with Crippen molar-refractivity contribution in [1.29, 1.82) is 0 Å². The number of aryl methyl sites for hydroxylation is 1. The van der Waals surface area contributed by atoms with E-state index >= 15 is 0 Å². The number of benzene rings is 1. The van der Waals surface area contributed by atoms with Crippen LogP contribution >= 0.6 is 0 Å². The molecule has 0 spiro atoms. The molecule has 0 atom stereocenters. The van der Waals surface area contributed by atoms with E-state index in [0.717, 1.165) is 31.2 Å². The first-order chi connectivity index (χ1) is 12.1. The fourth-order valence-corrected chi connectivity index (χ4v) is 2.66. The highest BCUT2D eigenvalue weighted by Gasteiger charge is 2.24. The number of hydrogen-bond acceptors (Lipinski definition) is 4. The van der Waals surface area contributed by atoms with Crippen LogP contribution in [0.5, 0.6) is 5.75 Å². The Hall–Kier alpha value is -2.24. The van der Waals surface area contributed by atoms with Crippen molar-refractivity contribution in [3.63, 3.8) is 0 Å². The molecule has 1 aliphatic rings. The lowest BCUT2D eigenvalue weighted by atomic mass is 10.1. The van der Waals surface area contributed by atoms with Gasteiger partial charge in [0, 0.05) is 19.1 Å². The van der Waals surface area contributed by atoms with Crippen LogP contribution in [0.25, 0.3) is 0 Å². The second-order valence-electron chi connectivity index (χ2n) is 6.39. The van der Waals surface area contributed by atoms with Gasteiger partial charge in [-0.1, -0.05) is 31.0 Å². The van der Waals surface area contributed by atoms with E-state index in [2.05, 4.69) is 12.2 Å². The average molecular weight is 348 g/mol. The number of carbonyl (C=O) groups is 2. The Balaban J connectivity index is 1.66. The number of hydrogen-bond donors (Lipinski definition) is 1.